The number of aliphatic carboxylic acids is 1. The summed E-state index contributed by atoms with van der Waals surface area (Å²) in [6.07, 6.45) is 3.59. The van der Waals surface area contributed by atoms with E-state index in [-0.39, 0.29) is 10.7 Å². The summed E-state index contributed by atoms with van der Waals surface area (Å²) in [7, 11) is 0. The first-order valence-corrected chi connectivity index (χ1v) is 8.54. The highest BCUT2D eigenvalue weighted by atomic mass is 32.2. The van der Waals surface area contributed by atoms with Gasteiger partial charge in [-0.05, 0) is 18.6 Å². The molecule has 1 atom stereocenters. The molecule has 7 heteroatoms. The van der Waals surface area contributed by atoms with Crippen LogP contribution >= 0.6 is 24.0 Å². The third kappa shape index (κ3) is 3.85. The van der Waals surface area contributed by atoms with Gasteiger partial charge >= 0.3 is 5.97 Å². The molecule has 2 rings (SSSR count). The Bertz CT molecular complexity index is 714. The molecule has 1 fully saturated rings. The van der Waals surface area contributed by atoms with E-state index in [0.29, 0.717) is 17.3 Å². The molecule has 5 nitrogen and oxygen atoms in total. The van der Waals surface area contributed by atoms with Gasteiger partial charge in [0.15, 0.2) is 0 Å². The maximum atomic E-state index is 12.6. The second-order valence-corrected chi connectivity index (χ2v) is 6.63. The Hall–Kier alpha value is -2.12. The zero-order valence-electron chi connectivity index (χ0n) is 13.1. The van der Waals surface area contributed by atoms with E-state index in [1.54, 1.807) is 25.1 Å². The van der Waals surface area contributed by atoms with Gasteiger partial charge in [-0.25, -0.2) is 4.79 Å². The van der Waals surface area contributed by atoms with Gasteiger partial charge in [0.05, 0.1) is 4.91 Å². The summed E-state index contributed by atoms with van der Waals surface area (Å²) in [4.78, 5) is 25.5. The summed E-state index contributed by atoms with van der Waals surface area (Å²) in [6.45, 7) is 5.67. The average Bonchev–Trinajstić information content (AvgIpc) is 2.82. The van der Waals surface area contributed by atoms with E-state index >= 15 is 0 Å². The lowest BCUT2D eigenvalue weighted by Gasteiger charge is -2.21. The molecule has 1 aliphatic heterocycles. The normalized spacial score (nSPS) is 17.2. The van der Waals surface area contributed by atoms with Crippen LogP contribution in [-0.2, 0) is 9.59 Å². The van der Waals surface area contributed by atoms with E-state index in [4.69, 9.17) is 17.0 Å². The number of thiocarbonyl (C=S) groups is 1. The third-order valence-corrected chi connectivity index (χ3v) is 4.70. The lowest BCUT2D eigenvalue weighted by atomic mass is 10.1. The van der Waals surface area contributed by atoms with E-state index in [1.807, 2.05) is 18.2 Å². The first kappa shape index (κ1) is 18.2. The van der Waals surface area contributed by atoms with Crippen LogP contribution in [0.1, 0.15) is 18.9 Å². The molecule has 0 spiro atoms. The minimum absolute atomic E-state index is 0.255. The van der Waals surface area contributed by atoms with Crippen molar-refractivity contribution in [2.75, 3.05) is 6.61 Å². The fourth-order valence-electron chi connectivity index (χ4n) is 2.24. The van der Waals surface area contributed by atoms with Crippen molar-refractivity contribution < 1.29 is 19.4 Å². The van der Waals surface area contributed by atoms with Crippen molar-refractivity contribution in [1.29, 1.82) is 0 Å². The quantitative estimate of drug-likeness (QED) is 0.455. The zero-order chi connectivity index (χ0) is 17.7. The molecule has 0 aromatic heterocycles. The summed E-state index contributed by atoms with van der Waals surface area (Å²) < 4.78 is 5.82. The number of hydrogen-bond donors (Lipinski definition) is 1. The molecule has 0 bridgehead atoms. The number of para-hydroxylation sites is 1. The minimum Gasteiger partial charge on any atom is -0.489 e. The Morgan fingerprint density at radius 1 is 1.50 bits per heavy atom. The first-order valence-electron chi connectivity index (χ1n) is 7.32. The van der Waals surface area contributed by atoms with Crippen LogP contribution in [0, 0.1) is 0 Å². The number of carboxylic acids is 1. The molecule has 1 aromatic rings. The first-order chi connectivity index (χ1) is 11.5. The van der Waals surface area contributed by atoms with E-state index in [0.717, 1.165) is 17.3 Å². The van der Waals surface area contributed by atoms with Crippen LogP contribution in [0.2, 0.25) is 0 Å². The van der Waals surface area contributed by atoms with Gasteiger partial charge in [-0.2, -0.15) is 0 Å². The fraction of sp³-hybridized carbons (Fsp3) is 0.235. The molecule has 0 aliphatic carbocycles. The second-order valence-electron chi connectivity index (χ2n) is 4.95. The summed E-state index contributed by atoms with van der Waals surface area (Å²) in [6, 6.07) is 6.33. The van der Waals surface area contributed by atoms with Crippen LogP contribution in [0.15, 0.2) is 41.8 Å². The van der Waals surface area contributed by atoms with Crippen molar-refractivity contribution in [3.63, 3.8) is 0 Å². The number of benzene rings is 1. The Morgan fingerprint density at radius 2 is 2.21 bits per heavy atom. The average molecular weight is 363 g/mol. The molecule has 0 unspecified atom stereocenters. The molecule has 1 saturated heterocycles. The Labute approximate surface area is 150 Å². The van der Waals surface area contributed by atoms with Crippen molar-refractivity contribution in [2.24, 2.45) is 0 Å². The maximum Gasteiger partial charge on any atom is 0.326 e. The number of hydrogen-bond acceptors (Lipinski definition) is 5. The molecule has 1 aromatic carbocycles. The van der Waals surface area contributed by atoms with Gasteiger partial charge in [0.25, 0.3) is 5.91 Å². The molecule has 1 heterocycles. The summed E-state index contributed by atoms with van der Waals surface area (Å²) in [5.74, 6) is -0.838. The van der Waals surface area contributed by atoms with E-state index in [9.17, 15) is 14.7 Å². The number of thioether (sulfide) groups is 1. The van der Waals surface area contributed by atoms with Crippen LogP contribution in [0.5, 0.6) is 5.75 Å². The number of rotatable bonds is 7. The van der Waals surface area contributed by atoms with Crippen molar-refractivity contribution >= 4 is 46.3 Å². The van der Waals surface area contributed by atoms with Crippen LogP contribution < -0.4 is 4.74 Å². The third-order valence-electron chi connectivity index (χ3n) is 3.37. The van der Waals surface area contributed by atoms with Crippen molar-refractivity contribution in [3.05, 3.63) is 47.4 Å². The van der Waals surface area contributed by atoms with Crippen LogP contribution in [0.25, 0.3) is 6.08 Å². The van der Waals surface area contributed by atoms with Gasteiger partial charge in [-0.3, -0.25) is 9.69 Å². The Kier molecular flexibility index (Phi) is 6.16. The molecule has 1 N–H and O–H groups in total. The van der Waals surface area contributed by atoms with Gasteiger partial charge in [0.2, 0.25) is 0 Å². The Balaban J connectivity index is 2.32. The lowest BCUT2D eigenvalue weighted by molar-refractivity contribution is -0.145. The fourth-order valence-corrected chi connectivity index (χ4v) is 3.58. The van der Waals surface area contributed by atoms with E-state index < -0.39 is 17.9 Å². The molecule has 0 saturated carbocycles. The molecule has 1 aliphatic rings. The molecule has 126 valence electrons. The number of amides is 1. The lowest BCUT2D eigenvalue weighted by Crippen LogP contribution is -2.43. The maximum absolute atomic E-state index is 12.6. The molecular formula is C17H17NO4S2. The zero-order valence-corrected chi connectivity index (χ0v) is 14.7. The highest BCUT2D eigenvalue weighted by Crippen LogP contribution is 2.35. The largest absolute Gasteiger partial charge is 0.489 e. The van der Waals surface area contributed by atoms with Gasteiger partial charge in [0.1, 0.15) is 22.7 Å². The highest BCUT2D eigenvalue weighted by Gasteiger charge is 2.39. The predicted octanol–water partition coefficient (Wildman–Crippen LogP) is 3.32. The smallest absolute Gasteiger partial charge is 0.326 e. The number of carbonyl (C=O) groups excluding carboxylic acids is 1. The van der Waals surface area contributed by atoms with E-state index in [2.05, 4.69) is 6.58 Å². The van der Waals surface area contributed by atoms with Crippen LogP contribution in [-0.4, -0.2) is 38.9 Å². The molecule has 24 heavy (non-hydrogen) atoms. The van der Waals surface area contributed by atoms with Crippen LogP contribution in [0.3, 0.4) is 0 Å². The van der Waals surface area contributed by atoms with Gasteiger partial charge in [0, 0.05) is 5.56 Å². The van der Waals surface area contributed by atoms with Crippen molar-refractivity contribution in [2.45, 2.75) is 19.4 Å². The standard InChI is InChI=1S/C17H17NO4S2/c1-3-9-22-13-8-6-5-7-11(13)10-14-15(19)18(17(23)24-14)12(4-2)16(20)21/h3,5-8,10,12H,1,4,9H2,2H3,(H,20,21)/b14-10+/t12-/m0/s1. The predicted molar refractivity (Wildman–Crippen MR) is 98.9 cm³/mol. The van der Waals surface area contributed by atoms with Gasteiger partial charge in [-0.1, -0.05) is 61.8 Å². The summed E-state index contributed by atoms with van der Waals surface area (Å²) in [5, 5.41) is 9.27. The summed E-state index contributed by atoms with van der Waals surface area (Å²) in [5.41, 5.74) is 0.725. The molecule has 0 radical (unpaired) electrons. The van der Waals surface area contributed by atoms with Crippen molar-refractivity contribution in [1.82, 2.24) is 4.90 Å². The second kappa shape index (κ2) is 8.12. The Morgan fingerprint density at radius 3 is 2.83 bits per heavy atom. The number of ether oxygens (including phenoxy) is 1. The summed E-state index contributed by atoms with van der Waals surface area (Å²) >= 11 is 6.29. The molecule has 1 amide bonds. The van der Waals surface area contributed by atoms with Gasteiger partial charge in [-0.15, -0.1) is 0 Å². The highest BCUT2D eigenvalue weighted by molar-refractivity contribution is 8.26. The minimum atomic E-state index is -1.07. The van der Waals surface area contributed by atoms with Crippen LogP contribution in [0.4, 0.5) is 0 Å². The number of nitrogens with zero attached hydrogens (tertiary/aromatic N) is 1. The topological polar surface area (TPSA) is 66.8 Å². The molecular weight excluding hydrogens is 346 g/mol. The van der Waals surface area contributed by atoms with E-state index in [1.165, 1.54) is 4.90 Å². The monoisotopic (exact) mass is 363 g/mol. The SMILES string of the molecule is C=CCOc1ccccc1/C=C1/SC(=S)N([C@@H](CC)C(=O)O)C1=O. The number of carbonyl (C=O) groups is 2. The number of carboxylic acid groups (broad SMARTS) is 1. The van der Waals surface area contributed by atoms with Crippen molar-refractivity contribution in [3.8, 4) is 5.75 Å². The van der Waals surface area contributed by atoms with Gasteiger partial charge < -0.3 is 9.84 Å².